The molecule has 5 heteroatoms. The van der Waals surface area contributed by atoms with Crippen LogP contribution in [-0.2, 0) is 4.74 Å². The average molecular weight is 382 g/mol. The van der Waals surface area contributed by atoms with Gasteiger partial charge in [-0.25, -0.2) is 4.79 Å². The molecule has 0 aromatic heterocycles. The zero-order valence-electron chi connectivity index (χ0n) is 18.1. The molecule has 0 aliphatic heterocycles. The number of nitrogens with one attached hydrogen (secondary N) is 1. The number of carbonyl (C=O) groups excluding carboxylic acids is 1. The molecule has 1 atom stereocenters. The molecule has 26 heavy (non-hydrogen) atoms. The van der Waals surface area contributed by atoms with Gasteiger partial charge < -0.3 is 15.2 Å². The quantitative estimate of drug-likeness (QED) is 0.629. The van der Waals surface area contributed by atoms with Gasteiger partial charge in [0, 0.05) is 19.9 Å². The maximum atomic E-state index is 11.8. The van der Waals surface area contributed by atoms with Crippen LogP contribution in [0.4, 0.5) is 4.79 Å². The zero-order chi connectivity index (χ0) is 20.8. The van der Waals surface area contributed by atoms with Gasteiger partial charge in [0.05, 0.1) is 6.10 Å². The summed E-state index contributed by atoms with van der Waals surface area (Å²) in [5.41, 5.74) is -0.135. The summed E-state index contributed by atoms with van der Waals surface area (Å²) in [6, 6.07) is 7.42. The number of hydrogen-bond acceptors (Lipinski definition) is 4. The molecule has 1 aliphatic carbocycles. The fourth-order valence-corrected chi connectivity index (χ4v) is 4.15. The number of aliphatic hydroxyl groups is 1. The molecular formula is C21H33NO3S. The van der Waals surface area contributed by atoms with E-state index >= 15 is 0 Å². The molecule has 1 aromatic rings. The van der Waals surface area contributed by atoms with Crippen LogP contribution < -0.4 is 5.32 Å². The van der Waals surface area contributed by atoms with Gasteiger partial charge in [0.25, 0.3) is 0 Å². The molecule has 1 fully saturated rings. The summed E-state index contributed by atoms with van der Waals surface area (Å²) < 4.78 is 21.5. The first-order valence-corrected chi connectivity index (χ1v) is 10.4. The van der Waals surface area contributed by atoms with Crippen LogP contribution >= 0.6 is 11.8 Å². The molecule has 1 aliphatic rings. The monoisotopic (exact) mass is 381 g/mol. The van der Waals surface area contributed by atoms with E-state index in [4.69, 9.17) is 7.48 Å². The molecule has 1 amide bonds. The molecule has 1 aromatic carbocycles. The van der Waals surface area contributed by atoms with Gasteiger partial charge in [-0.1, -0.05) is 31.4 Å². The minimum atomic E-state index is -2.01. The SMILES string of the molecule is [2H]C([2H])(CNC(=O)OC(C)(C)C)C(O)c1cccc(SCC2CCCCC2)c1. The van der Waals surface area contributed by atoms with Gasteiger partial charge in [-0.3, -0.25) is 0 Å². The topological polar surface area (TPSA) is 58.6 Å². The van der Waals surface area contributed by atoms with E-state index in [0.717, 1.165) is 16.6 Å². The number of hydrogen-bond donors (Lipinski definition) is 2. The molecule has 1 saturated carbocycles. The third-order valence-corrected chi connectivity index (χ3v) is 5.54. The van der Waals surface area contributed by atoms with Gasteiger partial charge in [-0.05, 0) is 63.6 Å². The molecule has 146 valence electrons. The van der Waals surface area contributed by atoms with Crippen molar-refractivity contribution in [3.05, 3.63) is 29.8 Å². The molecule has 1 unspecified atom stereocenters. The predicted molar refractivity (Wildman–Crippen MR) is 108 cm³/mol. The fourth-order valence-electron chi connectivity index (χ4n) is 2.99. The second-order valence-corrected chi connectivity index (χ2v) is 8.94. The molecular weight excluding hydrogens is 346 g/mol. The smallest absolute Gasteiger partial charge is 0.407 e. The van der Waals surface area contributed by atoms with Crippen LogP contribution in [0.15, 0.2) is 29.2 Å². The van der Waals surface area contributed by atoms with Gasteiger partial charge in [0.15, 0.2) is 0 Å². The van der Waals surface area contributed by atoms with Crippen LogP contribution in [0.5, 0.6) is 0 Å². The highest BCUT2D eigenvalue weighted by atomic mass is 32.2. The average Bonchev–Trinajstić information content (AvgIpc) is 2.64. The summed E-state index contributed by atoms with van der Waals surface area (Å²) in [5.74, 6) is 1.81. The van der Waals surface area contributed by atoms with E-state index in [1.165, 1.54) is 32.1 Å². The lowest BCUT2D eigenvalue weighted by Crippen LogP contribution is -2.33. The molecule has 0 heterocycles. The van der Waals surface area contributed by atoms with E-state index in [2.05, 4.69) is 5.32 Å². The Labute approximate surface area is 164 Å². The Balaban J connectivity index is 1.92. The van der Waals surface area contributed by atoms with E-state index < -0.39 is 24.2 Å². The molecule has 2 N–H and O–H groups in total. The Morgan fingerprint density at radius 2 is 2.12 bits per heavy atom. The van der Waals surface area contributed by atoms with Crippen molar-refractivity contribution in [3.8, 4) is 0 Å². The van der Waals surface area contributed by atoms with Crippen molar-refractivity contribution >= 4 is 17.9 Å². The van der Waals surface area contributed by atoms with Crippen molar-refractivity contribution in [2.75, 3.05) is 12.3 Å². The number of benzene rings is 1. The molecule has 0 saturated heterocycles. The van der Waals surface area contributed by atoms with Crippen LogP contribution in [0.2, 0.25) is 0 Å². The van der Waals surface area contributed by atoms with Crippen LogP contribution in [0.25, 0.3) is 0 Å². The maximum absolute atomic E-state index is 11.8. The number of amides is 1. The minimum Gasteiger partial charge on any atom is -0.444 e. The summed E-state index contributed by atoms with van der Waals surface area (Å²) in [4.78, 5) is 12.8. The molecule has 2 rings (SSSR count). The highest BCUT2D eigenvalue weighted by Gasteiger charge is 2.17. The van der Waals surface area contributed by atoms with Crippen molar-refractivity contribution in [2.45, 2.75) is 75.8 Å². The second kappa shape index (κ2) is 10.2. The number of rotatable bonds is 7. The summed E-state index contributed by atoms with van der Waals surface area (Å²) >= 11 is 1.77. The summed E-state index contributed by atoms with van der Waals surface area (Å²) in [5, 5.41) is 13.0. The first-order valence-electron chi connectivity index (χ1n) is 10.4. The number of aliphatic hydroxyl groups excluding tert-OH is 1. The largest absolute Gasteiger partial charge is 0.444 e. The van der Waals surface area contributed by atoms with Crippen molar-refractivity contribution in [1.29, 1.82) is 0 Å². The second-order valence-electron chi connectivity index (χ2n) is 7.85. The van der Waals surface area contributed by atoms with Crippen molar-refractivity contribution in [2.24, 2.45) is 5.92 Å². The third kappa shape index (κ3) is 8.00. The highest BCUT2D eigenvalue weighted by Crippen LogP contribution is 2.31. The Bertz CT molecular complexity index is 643. The van der Waals surface area contributed by atoms with Gasteiger partial charge in [0.2, 0.25) is 0 Å². The Morgan fingerprint density at radius 3 is 2.81 bits per heavy atom. The Hall–Kier alpha value is -1.20. The molecule has 0 radical (unpaired) electrons. The maximum Gasteiger partial charge on any atom is 0.407 e. The zero-order valence-corrected chi connectivity index (χ0v) is 16.9. The Kier molecular flexibility index (Phi) is 7.14. The standard InChI is InChI=1S/C21H33NO3S/c1-21(2,3)25-20(24)22-13-12-19(23)17-10-7-11-18(14-17)26-15-16-8-5-4-6-9-16/h7,10-11,14,16,19,23H,4-6,8-9,12-13,15H2,1-3H3,(H,22,24)/i12D2. The number of thioether (sulfide) groups is 1. The van der Waals surface area contributed by atoms with Crippen molar-refractivity contribution < 1.29 is 17.4 Å². The highest BCUT2D eigenvalue weighted by molar-refractivity contribution is 7.99. The molecule has 4 nitrogen and oxygen atoms in total. The van der Waals surface area contributed by atoms with Gasteiger partial charge >= 0.3 is 6.09 Å². The van der Waals surface area contributed by atoms with Gasteiger partial charge in [-0.15, -0.1) is 11.8 Å². The van der Waals surface area contributed by atoms with Crippen molar-refractivity contribution in [1.82, 2.24) is 5.32 Å². The van der Waals surface area contributed by atoms with Crippen LogP contribution in [0, 0.1) is 5.92 Å². The lowest BCUT2D eigenvalue weighted by Gasteiger charge is -2.21. The van der Waals surface area contributed by atoms with E-state index in [9.17, 15) is 9.90 Å². The van der Waals surface area contributed by atoms with Gasteiger partial charge in [0.1, 0.15) is 5.60 Å². The number of ether oxygens (including phenoxy) is 1. The molecule has 0 bridgehead atoms. The first-order chi connectivity index (χ1) is 13.1. The fraction of sp³-hybridized carbons (Fsp3) is 0.667. The predicted octanol–water partition coefficient (Wildman–Crippen LogP) is 5.31. The molecule has 0 spiro atoms. The van der Waals surface area contributed by atoms with E-state index in [0.29, 0.717) is 5.56 Å². The first kappa shape index (κ1) is 18.2. The summed E-state index contributed by atoms with van der Waals surface area (Å²) in [7, 11) is 0. The normalized spacial score (nSPS) is 18.6. The third-order valence-electron chi connectivity index (χ3n) is 4.31. The summed E-state index contributed by atoms with van der Waals surface area (Å²) in [6.45, 7) is 4.90. The van der Waals surface area contributed by atoms with E-state index in [1.54, 1.807) is 38.6 Å². The van der Waals surface area contributed by atoms with Crippen molar-refractivity contribution in [3.63, 3.8) is 0 Å². The lowest BCUT2D eigenvalue weighted by atomic mass is 9.91. The Morgan fingerprint density at radius 1 is 1.38 bits per heavy atom. The van der Waals surface area contributed by atoms with Gasteiger partial charge in [-0.2, -0.15) is 0 Å². The lowest BCUT2D eigenvalue weighted by molar-refractivity contribution is 0.0518. The van der Waals surface area contributed by atoms with E-state index in [1.807, 2.05) is 18.2 Å². The number of carbonyl (C=O) groups is 1. The minimum absolute atomic E-state index is 0.331. The summed E-state index contributed by atoms with van der Waals surface area (Å²) in [6.07, 6.45) is 2.50. The van der Waals surface area contributed by atoms with Crippen LogP contribution in [-0.4, -0.2) is 29.1 Å². The van der Waals surface area contributed by atoms with Crippen LogP contribution in [0.3, 0.4) is 0 Å². The number of alkyl carbamates (subject to hydrolysis) is 1. The van der Waals surface area contributed by atoms with E-state index in [-0.39, 0.29) is 6.54 Å². The van der Waals surface area contributed by atoms with Crippen LogP contribution in [0.1, 0.15) is 73.7 Å².